The fourth-order valence-electron chi connectivity index (χ4n) is 2.67. The molecule has 0 aliphatic carbocycles. The number of carbonyl (C=O) groups excluding carboxylic acids is 1. The largest absolute Gasteiger partial charge is 0.478 e. The van der Waals surface area contributed by atoms with Gasteiger partial charge in [0.15, 0.2) is 0 Å². The minimum Gasteiger partial charge on any atom is -0.478 e. The molecule has 23 heavy (non-hydrogen) atoms. The van der Waals surface area contributed by atoms with E-state index >= 15 is 0 Å². The number of rotatable bonds is 5. The highest BCUT2D eigenvalue weighted by molar-refractivity contribution is 5.88. The van der Waals surface area contributed by atoms with Crippen LogP contribution in [0.5, 0.6) is 5.88 Å². The van der Waals surface area contributed by atoms with Crippen molar-refractivity contribution in [2.75, 3.05) is 24.6 Å². The van der Waals surface area contributed by atoms with Gasteiger partial charge in [0.05, 0.1) is 12.6 Å². The number of anilines is 1. The number of primary amides is 1. The molecule has 3 heterocycles. The Bertz CT molecular complexity index is 687. The van der Waals surface area contributed by atoms with E-state index in [4.69, 9.17) is 10.5 Å². The fraction of sp³-hybridized carbons (Fsp3) is 0.500. The molecule has 1 fully saturated rings. The van der Waals surface area contributed by atoms with Crippen LogP contribution >= 0.6 is 0 Å². The third kappa shape index (κ3) is 3.38. The van der Waals surface area contributed by atoms with Crippen molar-refractivity contribution >= 4 is 11.7 Å². The maximum absolute atomic E-state index is 11.1. The van der Waals surface area contributed by atoms with E-state index in [0.717, 1.165) is 31.7 Å². The smallest absolute Gasteiger partial charge is 0.288 e. The molecule has 0 aromatic carbocycles. The molecule has 1 atom stereocenters. The number of piperidine rings is 1. The molecule has 1 saturated heterocycles. The molecule has 0 bridgehead atoms. The summed E-state index contributed by atoms with van der Waals surface area (Å²) in [7, 11) is 0. The predicted octanol–water partition coefficient (Wildman–Crippen LogP) is 0.407. The molecule has 9 heteroatoms. The first kappa shape index (κ1) is 15.2. The van der Waals surface area contributed by atoms with Gasteiger partial charge >= 0.3 is 0 Å². The van der Waals surface area contributed by atoms with Crippen LogP contribution in [0.15, 0.2) is 18.7 Å². The maximum atomic E-state index is 11.1. The first-order valence-electron chi connectivity index (χ1n) is 7.58. The zero-order valence-corrected chi connectivity index (χ0v) is 12.9. The van der Waals surface area contributed by atoms with Crippen LogP contribution in [-0.4, -0.2) is 50.3 Å². The van der Waals surface area contributed by atoms with Crippen LogP contribution in [-0.2, 0) is 0 Å². The number of nitrogens with two attached hydrogens (primary N) is 1. The van der Waals surface area contributed by atoms with Crippen molar-refractivity contribution in [3.05, 3.63) is 24.5 Å². The lowest BCUT2D eigenvalue weighted by Crippen LogP contribution is -2.37. The summed E-state index contributed by atoms with van der Waals surface area (Å²) < 4.78 is 7.13. The summed E-state index contributed by atoms with van der Waals surface area (Å²) in [6.07, 6.45) is 5.01. The van der Waals surface area contributed by atoms with Crippen LogP contribution < -0.4 is 15.4 Å². The second-order valence-corrected chi connectivity index (χ2v) is 5.30. The van der Waals surface area contributed by atoms with Crippen molar-refractivity contribution in [3.8, 4) is 5.88 Å². The molecule has 1 amide bonds. The summed E-state index contributed by atoms with van der Waals surface area (Å²) >= 11 is 0. The molecule has 0 saturated carbocycles. The lowest BCUT2D eigenvalue weighted by Gasteiger charge is -2.33. The maximum Gasteiger partial charge on any atom is 0.288 e. The molecule has 2 N–H and O–H groups in total. The van der Waals surface area contributed by atoms with Gasteiger partial charge in [-0.1, -0.05) is 0 Å². The van der Waals surface area contributed by atoms with Crippen molar-refractivity contribution in [2.24, 2.45) is 5.73 Å². The zero-order chi connectivity index (χ0) is 16.2. The summed E-state index contributed by atoms with van der Waals surface area (Å²) in [6, 6.07) is 1.96. The minimum atomic E-state index is -0.617. The summed E-state index contributed by atoms with van der Waals surface area (Å²) in [5, 5.41) is 4.16. The number of aromatic nitrogens is 5. The van der Waals surface area contributed by atoms with Gasteiger partial charge in [-0.25, -0.2) is 19.6 Å². The number of hydrogen-bond donors (Lipinski definition) is 1. The molecule has 9 nitrogen and oxygen atoms in total. The van der Waals surface area contributed by atoms with Gasteiger partial charge in [0.1, 0.15) is 18.5 Å². The van der Waals surface area contributed by atoms with E-state index in [-0.39, 0.29) is 11.9 Å². The Labute approximate surface area is 133 Å². The second-order valence-electron chi connectivity index (χ2n) is 5.30. The van der Waals surface area contributed by atoms with E-state index in [1.807, 2.05) is 13.0 Å². The molecule has 3 rings (SSSR count). The van der Waals surface area contributed by atoms with E-state index in [1.165, 1.54) is 6.33 Å². The first-order chi connectivity index (χ1) is 11.2. The number of carbonyl (C=O) groups is 1. The molecule has 1 aliphatic heterocycles. The van der Waals surface area contributed by atoms with Gasteiger partial charge in [-0.2, -0.15) is 0 Å². The number of hydrogen-bond acceptors (Lipinski definition) is 7. The van der Waals surface area contributed by atoms with E-state index in [1.54, 1.807) is 11.0 Å². The summed E-state index contributed by atoms with van der Waals surface area (Å²) in [4.78, 5) is 25.6. The molecule has 2 aromatic rings. The Morgan fingerprint density at radius 2 is 2.30 bits per heavy atom. The van der Waals surface area contributed by atoms with Gasteiger partial charge < -0.3 is 15.4 Å². The lowest BCUT2D eigenvalue weighted by atomic mass is 10.1. The Balaban J connectivity index is 1.74. The van der Waals surface area contributed by atoms with Crippen LogP contribution in [0, 0.1) is 0 Å². The van der Waals surface area contributed by atoms with E-state index in [2.05, 4.69) is 25.0 Å². The monoisotopic (exact) mass is 317 g/mol. The Hall–Kier alpha value is -2.71. The molecule has 122 valence electrons. The second kappa shape index (κ2) is 6.59. The number of nitrogens with zero attached hydrogens (tertiary/aromatic N) is 6. The third-order valence-electron chi connectivity index (χ3n) is 3.74. The van der Waals surface area contributed by atoms with Gasteiger partial charge in [-0.15, -0.1) is 5.10 Å². The topological polar surface area (TPSA) is 112 Å². The van der Waals surface area contributed by atoms with E-state index < -0.39 is 5.91 Å². The molecule has 1 unspecified atom stereocenters. The summed E-state index contributed by atoms with van der Waals surface area (Å²) in [5.41, 5.74) is 5.20. The quantitative estimate of drug-likeness (QED) is 0.849. The Kier molecular flexibility index (Phi) is 4.35. The summed E-state index contributed by atoms with van der Waals surface area (Å²) in [5.74, 6) is 0.816. The SMILES string of the molecule is CCOc1cc(N2CCCC(n3cnc(C(N)=O)n3)C2)ncn1. The normalized spacial score (nSPS) is 18.0. The molecule has 2 aromatic heterocycles. The van der Waals surface area contributed by atoms with Crippen molar-refractivity contribution in [1.82, 2.24) is 24.7 Å². The molecular weight excluding hydrogens is 298 g/mol. The van der Waals surface area contributed by atoms with Crippen molar-refractivity contribution < 1.29 is 9.53 Å². The molecule has 1 aliphatic rings. The average molecular weight is 317 g/mol. The molecule has 0 spiro atoms. The first-order valence-corrected chi connectivity index (χ1v) is 7.58. The van der Waals surface area contributed by atoms with Crippen LogP contribution in [0.25, 0.3) is 0 Å². The van der Waals surface area contributed by atoms with Gasteiger partial charge in [0, 0.05) is 19.2 Å². The van der Waals surface area contributed by atoms with Crippen LogP contribution in [0.1, 0.15) is 36.4 Å². The van der Waals surface area contributed by atoms with E-state index in [0.29, 0.717) is 12.5 Å². The van der Waals surface area contributed by atoms with Crippen LogP contribution in [0.3, 0.4) is 0 Å². The van der Waals surface area contributed by atoms with E-state index in [9.17, 15) is 4.79 Å². The minimum absolute atomic E-state index is 0.0443. The van der Waals surface area contributed by atoms with Gasteiger partial charge in [-0.3, -0.25) is 4.79 Å². The lowest BCUT2D eigenvalue weighted by molar-refractivity contribution is 0.0990. The van der Waals surface area contributed by atoms with Gasteiger partial charge in [-0.05, 0) is 19.8 Å². The Morgan fingerprint density at radius 1 is 1.43 bits per heavy atom. The van der Waals surface area contributed by atoms with Crippen molar-refractivity contribution in [1.29, 1.82) is 0 Å². The highest BCUT2D eigenvalue weighted by Gasteiger charge is 2.24. The average Bonchev–Trinajstić information content (AvgIpc) is 3.06. The standard InChI is InChI=1S/C14H19N7O2/c1-2-23-12-6-11(16-8-17-12)20-5-3-4-10(7-20)21-9-18-14(19-21)13(15)22/h6,8-10H,2-5,7H2,1H3,(H2,15,22). The van der Waals surface area contributed by atoms with Gasteiger partial charge in [0.2, 0.25) is 11.7 Å². The summed E-state index contributed by atoms with van der Waals surface area (Å²) in [6.45, 7) is 4.11. The highest BCUT2D eigenvalue weighted by Crippen LogP contribution is 2.25. The number of amides is 1. The predicted molar refractivity (Wildman–Crippen MR) is 82.2 cm³/mol. The fourth-order valence-corrected chi connectivity index (χ4v) is 2.67. The van der Waals surface area contributed by atoms with Crippen LogP contribution in [0.4, 0.5) is 5.82 Å². The Morgan fingerprint density at radius 3 is 3.04 bits per heavy atom. The van der Waals surface area contributed by atoms with Crippen molar-refractivity contribution in [3.63, 3.8) is 0 Å². The third-order valence-corrected chi connectivity index (χ3v) is 3.74. The highest BCUT2D eigenvalue weighted by atomic mass is 16.5. The van der Waals surface area contributed by atoms with Gasteiger partial charge in [0.25, 0.3) is 5.91 Å². The van der Waals surface area contributed by atoms with Crippen LogP contribution in [0.2, 0.25) is 0 Å². The zero-order valence-electron chi connectivity index (χ0n) is 12.9. The molecule has 0 radical (unpaired) electrons. The number of ether oxygens (including phenoxy) is 1. The molecular formula is C14H19N7O2. The van der Waals surface area contributed by atoms with Crippen molar-refractivity contribution in [2.45, 2.75) is 25.8 Å².